The predicted molar refractivity (Wildman–Crippen MR) is 248 cm³/mol. The second kappa shape index (κ2) is 18.4. The van der Waals surface area contributed by atoms with Crippen molar-refractivity contribution < 1.29 is 56.8 Å². The first-order chi connectivity index (χ1) is 32.3. The molecule has 12 rings (SSSR count). The van der Waals surface area contributed by atoms with E-state index in [1.165, 1.54) is 0 Å². The zero-order chi connectivity index (χ0) is 45.3. The Hall–Kier alpha value is -7.08. The topological polar surface area (TPSA) is 111 Å². The fourth-order valence-corrected chi connectivity index (χ4v) is 9.61. The second-order valence-corrected chi connectivity index (χ2v) is 16.8. The number of methoxy groups -OCH3 is 6. The van der Waals surface area contributed by atoms with E-state index in [-0.39, 0.29) is 39.6 Å². The average Bonchev–Trinajstić information content (AvgIpc) is 3.42. The molecule has 0 saturated heterocycles. The van der Waals surface area contributed by atoms with E-state index >= 15 is 0 Å². The highest BCUT2D eigenvalue weighted by Crippen LogP contribution is 2.44. The van der Waals surface area contributed by atoms with Crippen molar-refractivity contribution in [3.05, 3.63) is 140 Å². The monoisotopic (exact) mass is 894 g/mol. The Morgan fingerprint density at radius 3 is 0.500 bits per heavy atom. The molecule has 0 unspecified atom stereocenters. The predicted octanol–water partition coefficient (Wildman–Crippen LogP) is 8.91. The fraction of sp³-hybridized carbons (Fsp3) is 0.333. The van der Waals surface area contributed by atoms with Gasteiger partial charge in [0.2, 0.25) is 0 Å². The Balaban J connectivity index is 1.20. The number of rotatable bonds is 6. The Bertz CT molecular complexity index is 2620. The number of hydrogen-bond donors (Lipinski definition) is 0. The fourth-order valence-electron chi connectivity index (χ4n) is 9.61. The lowest BCUT2D eigenvalue weighted by atomic mass is 9.94. The number of hydrogen-bond acceptors (Lipinski definition) is 12. The van der Waals surface area contributed by atoms with Crippen molar-refractivity contribution in [2.75, 3.05) is 82.3 Å². The summed E-state index contributed by atoms with van der Waals surface area (Å²) in [6.45, 7) is 1.53. The van der Waals surface area contributed by atoms with Crippen LogP contribution in [0.25, 0.3) is 0 Å². The van der Waals surface area contributed by atoms with Gasteiger partial charge in [-0.05, 0) is 178 Å². The average molecular weight is 895 g/mol. The minimum absolute atomic E-state index is 0.254. The van der Waals surface area contributed by atoms with E-state index in [4.69, 9.17) is 56.8 Å². The summed E-state index contributed by atoms with van der Waals surface area (Å²) in [5.41, 5.74) is 13.0. The molecule has 0 N–H and O–H groups in total. The highest BCUT2D eigenvalue weighted by atomic mass is 16.6. The highest BCUT2D eigenvalue weighted by molar-refractivity contribution is 5.60. The number of benzene rings is 6. The van der Waals surface area contributed by atoms with Gasteiger partial charge in [-0.3, -0.25) is 0 Å². The van der Waals surface area contributed by atoms with Crippen molar-refractivity contribution in [3.8, 4) is 69.0 Å². The first-order valence-corrected chi connectivity index (χ1v) is 22.3. The molecule has 66 heavy (non-hydrogen) atoms. The molecule has 0 radical (unpaired) electrons. The molecule has 12 heteroatoms. The molecule has 6 aromatic rings. The summed E-state index contributed by atoms with van der Waals surface area (Å²) in [4.78, 5) is 0. The molecule has 6 aliphatic rings. The molecule has 2 aliphatic carbocycles. The van der Waals surface area contributed by atoms with E-state index in [1.807, 2.05) is 0 Å². The van der Waals surface area contributed by atoms with Gasteiger partial charge < -0.3 is 56.8 Å². The number of ether oxygens (including phenoxy) is 12. The summed E-state index contributed by atoms with van der Waals surface area (Å²) in [6, 6.07) is 25.1. The van der Waals surface area contributed by atoms with Crippen LogP contribution in [0.2, 0.25) is 0 Å². The van der Waals surface area contributed by atoms with E-state index in [2.05, 4.69) is 72.8 Å². The molecule has 12 nitrogen and oxygen atoms in total. The summed E-state index contributed by atoms with van der Waals surface area (Å²) in [5, 5.41) is 0. The minimum atomic E-state index is 0.254. The lowest BCUT2D eigenvalue weighted by Gasteiger charge is -2.20. The molecule has 14 bridgehead atoms. The van der Waals surface area contributed by atoms with Gasteiger partial charge in [-0.25, -0.2) is 0 Å². The highest BCUT2D eigenvalue weighted by Gasteiger charge is 2.26. The lowest BCUT2D eigenvalue weighted by Crippen LogP contribution is -2.12. The van der Waals surface area contributed by atoms with Gasteiger partial charge in [0.15, 0.2) is 69.0 Å². The Labute approximate surface area is 385 Å². The van der Waals surface area contributed by atoms with Crippen LogP contribution in [0.5, 0.6) is 69.0 Å². The van der Waals surface area contributed by atoms with E-state index in [0.717, 1.165) is 66.8 Å². The van der Waals surface area contributed by atoms with Gasteiger partial charge in [0.1, 0.15) is 39.6 Å². The van der Waals surface area contributed by atoms with Gasteiger partial charge in [-0.2, -0.15) is 0 Å². The van der Waals surface area contributed by atoms with Crippen LogP contribution in [0.15, 0.2) is 72.8 Å². The van der Waals surface area contributed by atoms with Crippen LogP contribution in [0.1, 0.15) is 66.8 Å². The SMILES string of the molecule is COc1cc2c3cc1OCCOc1cc4c(cc1OC)Cc1cc(OC)c5cc1Cc1cc(c(OC)cc1C4)OCCOc1cc(c(cc1OC)C3)Cc1cc(c(OC)cc1C2)OCCO5. The third kappa shape index (κ3) is 8.36. The molecule has 4 heterocycles. The zero-order valence-electron chi connectivity index (χ0n) is 38.3. The van der Waals surface area contributed by atoms with E-state index < -0.39 is 0 Å². The van der Waals surface area contributed by atoms with E-state index in [0.29, 0.717) is 108 Å². The van der Waals surface area contributed by atoms with Gasteiger partial charge in [-0.1, -0.05) is 0 Å². The molecule has 0 saturated carbocycles. The molecular formula is C54H54O12. The first-order valence-electron chi connectivity index (χ1n) is 22.3. The van der Waals surface area contributed by atoms with Crippen LogP contribution in [0.3, 0.4) is 0 Å². The lowest BCUT2D eigenvalue weighted by molar-refractivity contribution is 0.205. The first kappa shape index (κ1) is 42.8. The normalized spacial score (nSPS) is 14.8. The quantitative estimate of drug-likeness (QED) is 0.159. The van der Waals surface area contributed by atoms with E-state index in [1.54, 1.807) is 42.7 Å². The molecule has 0 amide bonds. The molecule has 0 spiro atoms. The third-order valence-electron chi connectivity index (χ3n) is 13.0. The van der Waals surface area contributed by atoms with E-state index in [9.17, 15) is 0 Å². The summed E-state index contributed by atoms with van der Waals surface area (Å²) in [5.74, 6) is 7.50. The maximum absolute atomic E-state index is 6.54. The molecule has 342 valence electrons. The van der Waals surface area contributed by atoms with Gasteiger partial charge >= 0.3 is 0 Å². The Kier molecular flexibility index (Phi) is 12.0. The van der Waals surface area contributed by atoms with Crippen LogP contribution >= 0.6 is 0 Å². The Morgan fingerprint density at radius 2 is 0.364 bits per heavy atom. The standard InChI is InChI=1S/C54H54O12/c1-55-43-19-31-13-33-21-45(57-3)51-27-39(33)17-41-29-53-47(59-5)23-35(41)15-37(31)25-49(43)61-7-8-62-50-26-38-16-36-24-48(60-6)54(66-12-11-65-53)30-42(36)18-40-28-52(64-10-9-63-51)46(58-4)22-34(40)14-32(38)20-44(50)56-2/h19-30H,7-18H2,1-6H3. The van der Waals surface area contributed by atoms with Crippen molar-refractivity contribution in [2.45, 2.75) is 38.5 Å². The van der Waals surface area contributed by atoms with Crippen LogP contribution in [0.4, 0.5) is 0 Å². The van der Waals surface area contributed by atoms with Crippen molar-refractivity contribution >= 4 is 0 Å². The van der Waals surface area contributed by atoms with Crippen LogP contribution in [0, 0.1) is 0 Å². The van der Waals surface area contributed by atoms with Crippen LogP contribution in [-0.2, 0) is 38.5 Å². The van der Waals surface area contributed by atoms with Crippen molar-refractivity contribution in [1.82, 2.24) is 0 Å². The molecule has 0 aromatic heterocycles. The molecular weight excluding hydrogens is 841 g/mol. The second-order valence-electron chi connectivity index (χ2n) is 16.8. The van der Waals surface area contributed by atoms with Crippen molar-refractivity contribution in [2.24, 2.45) is 0 Å². The molecule has 0 atom stereocenters. The third-order valence-corrected chi connectivity index (χ3v) is 13.0. The van der Waals surface area contributed by atoms with Gasteiger partial charge in [0.25, 0.3) is 0 Å². The van der Waals surface area contributed by atoms with Gasteiger partial charge in [-0.15, -0.1) is 0 Å². The van der Waals surface area contributed by atoms with Crippen molar-refractivity contribution in [3.63, 3.8) is 0 Å². The summed E-state index contributed by atoms with van der Waals surface area (Å²) in [6.07, 6.45) is 3.60. The van der Waals surface area contributed by atoms with Gasteiger partial charge in [0, 0.05) is 0 Å². The maximum Gasteiger partial charge on any atom is 0.161 e. The number of fused-ring (bicyclic) bond motifs is 3. The molecule has 6 aromatic carbocycles. The van der Waals surface area contributed by atoms with Crippen molar-refractivity contribution in [1.29, 1.82) is 0 Å². The Morgan fingerprint density at radius 1 is 0.227 bits per heavy atom. The smallest absolute Gasteiger partial charge is 0.161 e. The van der Waals surface area contributed by atoms with Crippen LogP contribution < -0.4 is 56.8 Å². The summed E-state index contributed by atoms with van der Waals surface area (Å²) < 4.78 is 75.3. The molecule has 4 aliphatic heterocycles. The summed E-state index contributed by atoms with van der Waals surface area (Å²) >= 11 is 0. The maximum atomic E-state index is 6.54. The largest absolute Gasteiger partial charge is 0.493 e. The zero-order valence-corrected chi connectivity index (χ0v) is 38.3. The van der Waals surface area contributed by atoms with Crippen LogP contribution in [-0.4, -0.2) is 82.3 Å². The molecule has 0 fully saturated rings. The van der Waals surface area contributed by atoms with Gasteiger partial charge in [0.05, 0.1) is 42.7 Å². The summed E-state index contributed by atoms with van der Waals surface area (Å²) in [7, 11) is 10.0. The minimum Gasteiger partial charge on any atom is -0.493 e.